The Bertz CT molecular complexity index is 837. The van der Waals surface area contributed by atoms with Gasteiger partial charge >= 0.3 is 0 Å². The molecule has 0 spiro atoms. The van der Waals surface area contributed by atoms with Gasteiger partial charge in [-0.3, -0.25) is 5.10 Å². The molecule has 1 fully saturated rings. The van der Waals surface area contributed by atoms with Crippen LogP contribution < -0.4 is 14.2 Å². The molecule has 140 valence electrons. The Morgan fingerprint density at radius 2 is 1.85 bits per heavy atom. The van der Waals surface area contributed by atoms with Crippen molar-refractivity contribution in [2.45, 2.75) is 38.0 Å². The number of hydrogen-bond donors (Lipinski definition) is 1. The van der Waals surface area contributed by atoms with Crippen LogP contribution in [-0.4, -0.2) is 42.4 Å². The second kappa shape index (κ2) is 8.35. The monoisotopic (exact) mass is 376 g/mol. The maximum absolute atomic E-state index is 5.50. The highest BCUT2D eigenvalue weighted by atomic mass is 32.1. The average Bonchev–Trinajstić information content (AvgIpc) is 3.06. The van der Waals surface area contributed by atoms with Crippen molar-refractivity contribution in [3.8, 4) is 17.2 Å². The fourth-order valence-electron chi connectivity index (χ4n) is 3.39. The first-order valence-corrected chi connectivity index (χ1v) is 9.11. The highest BCUT2D eigenvalue weighted by Gasteiger charge is 2.21. The minimum atomic E-state index is 0.390. The second-order valence-electron chi connectivity index (χ2n) is 6.20. The van der Waals surface area contributed by atoms with Crippen LogP contribution in [0.25, 0.3) is 0 Å². The van der Waals surface area contributed by atoms with E-state index in [4.69, 9.17) is 26.4 Å². The summed E-state index contributed by atoms with van der Waals surface area (Å²) < 4.78 is 18.4. The summed E-state index contributed by atoms with van der Waals surface area (Å²) in [5, 5.41) is 11.8. The van der Waals surface area contributed by atoms with Crippen molar-refractivity contribution in [2.24, 2.45) is 5.10 Å². The number of nitrogens with one attached hydrogen (secondary N) is 1. The number of nitrogens with zero attached hydrogens (tertiary/aromatic N) is 3. The van der Waals surface area contributed by atoms with Crippen LogP contribution in [0, 0.1) is 4.77 Å². The first-order valence-electron chi connectivity index (χ1n) is 8.70. The van der Waals surface area contributed by atoms with Gasteiger partial charge in [0.25, 0.3) is 0 Å². The molecule has 1 aromatic heterocycles. The summed E-state index contributed by atoms with van der Waals surface area (Å²) in [6.45, 7) is 0. The molecule has 1 aliphatic carbocycles. The first kappa shape index (κ1) is 18.4. The fourth-order valence-corrected chi connectivity index (χ4v) is 3.57. The molecule has 2 aromatic rings. The van der Waals surface area contributed by atoms with Crippen molar-refractivity contribution in [1.29, 1.82) is 0 Å². The van der Waals surface area contributed by atoms with Crippen LogP contribution in [0.5, 0.6) is 17.2 Å². The zero-order valence-electron chi connectivity index (χ0n) is 15.3. The van der Waals surface area contributed by atoms with E-state index < -0.39 is 0 Å². The lowest BCUT2D eigenvalue weighted by Gasteiger charge is -2.20. The molecular weight excluding hydrogens is 352 g/mol. The first-order chi connectivity index (χ1) is 12.7. The molecule has 0 saturated heterocycles. The molecule has 26 heavy (non-hydrogen) atoms. The van der Waals surface area contributed by atoms with Crippen LogP contribution in [0.3, 0.4) is 0 Å². The van der Waals surface area contributed by atoms with Crippen molar-refractivity contribution >= 4 is 18.4 Å². The van der Waals surface area contributed by atoms with Crippen molar-refractivity contribution in [3.05, 3.63) is 28.3 Å². The Morgan fingerprint density at radius 3 is 2.50 bits per heavy atom. The predicted octanol–water partition coefficient (Wildman–Crippen LogP) is 3.90. The summed E-state index contributed by atoms with van der Waals surface area (Å²) in [5.74, 6) is 2.97. The molecule has 7 nitrogen and oxygen atoms in total. The van der Waals surface area contributed by atoms with Gasteiger partial charge in [0.2, 0.25) is 10.5 Å². The van der Waals surface area contributed by atoms with Crippen LogP contribution in [0.15, 0.2) is 17.2 Å². The predicted molar refractivity (Wildman–Crippen MR) is 102 cm³/mol. The van der Waals surface area contributed by atoms with E-state index >= 15 is 0 Å². The summed E-state index contributed by atoms with van der Waals surface area (Å²) in [6.07, 6.45) is 7.67. The largest absolute Gasteiger partial charge is 0.493 e. The third-order valence-corrected chi connectivity index (χ3v) is 4.96. The molecule has 1 aromatic carbocycles. The zero-order chi connectivity index (χ0) is 18.5. The Labute approximate surface area is 158 Å². The lowest BCUT2D eigenvalue weighted by Crippen LogP contribution is -2.10. The van der Waals surface area contributed by atoms with E-state index in [9.17, 15) is 0 Å². The summed E-state index contributed by atoms with van der Waals surface area (Å²) in [4.78, 5) is 0. The van der Waals surface area contributed by atoms with Crippen molar-refractivity contribution in [1.82, 2.24) is 14.9 Å². The maximum Gasteiger partial charge on any atom is 0.216 e. The number of H-pyrrole nitrogens is 1. The number of rotatable bonds is 6. The van der Waals surface area contributed by atoms with E-state index in [0.29, 0.717) is 27.9 Å². The van der Waals surface area contributed by atoms with E-state index in [1.807, 2.05) is 12.1 Å². The van der Waals surface area contributed by atoms with Crippen LogP contribution >= 0.6 is 12.2 Å². The quantitative estimate of drug-likeness (QED) is 0.611. The lowest BCUT2D eigenvalue weighted by molar-refractivity contribution is 0.324. The number of benzene rings is 1. The van der Waals surface area contributed by atoms with Crippen LogP contribution in [0.2, 0.25) is 0 Å². The minimum Gasteiger partial charge on any atom is -0.493 e. The minimum absolute atomic E-state index is 0.390. The average molecular weight is 376 g/mol. The summed E-state index contributed by atoms with van der Waals surface area (Å²) in [7, 11) is 4.76. The van der Waals surface area contributed by atoms with E-state index in [1.54, 1.807) is 32.2 Å². The SMILES string of the molecule is COc1ccc(/C=N\n2c(C3CCCCC3)n[nH]c2=S)c(OC)c1OC. The normalized spacial score (nSPS) is 15.3. The van der Waals surface area contributed by atoms with Gasteiger partial charge in [0.05, 0.1) is 27.5 Å². The standard InChI is InChI=1S/C18H24N4O3S/c1-23-14-10-9-13(15(24-2)16(14)25-3)11-19-22-17(20-21-18(22)26)12-7-5-4-6-8-12/h9-12H,4-8H2,1-3H3,(H,21,26)/b19-11-. The Balaban J connectivity index is 1.96. The Morgan fingerprint density at radius 1 is 1.12 bits per heavy atom. The fraction of sp³-hybridized carbons (Fsp3) is 0.500. The van der Waals surface area contributed by atoms with Crippen LogP contribution in [0.1, 0.15) is 49.4 Å². The van der Waals surface area contributed by atoms with Gasteiger partial charge in [-0.15, -0.1) is 0 Å². The van der Waals surface area contributed by atoms with Crippen LogP contribution in [0.4, 0.5) is 0 Å². The number of aromatic nitrogens is 3. The van der Waals surface area contributed by atoms with Crippen LogP contribution in [-0.2, 0) is 0 Å². The highest BCUT2D eigenvalue weighted by molar-refractivity contribution is 7.71. The number of aromatic amines is 1. The van der Waals surface area contributed by atoms with Gasteiger partial charge in [-0.25, -0.2) is 0 Å². The Hall–Kier alpha value is -2.35. The lowest BCUT2D eigenvalue weighted by atomic mass is 9.89. The molecule has 0 bridgehead atoms. The molecule has 1 aliphatic rings. The third kappa shape index (κ3) is 3.60. The third-order valence-electron chi connectivity index (χ3n) is 4.69. The summed E-state index contributed by atoms with van der Waals surface area (Å²) in [6, 6.07) is 3.69. The van der Waals surface area contributed by atoms with Gasteiger partial charge in [-0.2, -0.15) is 14.9 Å². The van der Waals surface area contributed by atoms with Gasteiger partial charge in [-0.05, 0) is 37.2 Å². The molecule has 0 aliphatic heterocycles. The molecule has 1 saturated carbocycles. The van der Waals surface area contributed by atoms with E-state index in [0.717, 1.165) is 24.2 Å². The number of ether oxygens (including phenoxy) is 3. The van der Waals surface area contributed by atoms with E-state index in [2.05, 4.69) is 15.3 Å². The molecule has 0 radical (unpaired) electrons. The number of hydrogen-bond acceptors (Lipinski definition) is 6. The molecular formula is C18H24N4O3S. The molecule has 1 N–H and O–H groups in total. The molecule has 0 atom stereocenters. The van der Waals surface area contributed by atoms with Crippen molar-refractivity contribution < 1.29 is 14.2 Å². The van der Waals surface area contributed by atoms with Gasteiger partial charge in [0.15, 0.2) is 17.3 Å². The molecule has 0 amide bonds. The number of methoxy groups -OCH3 is 3. The molecule has 3 rings (SSSR count). The highest BCUT2D eigenvalue weighted by Crippen LogP contribution is 2.39. The Kier molecular flexibility index (Phi) is 5.92. The van der Waals surface area contributed by atoms with Gasteiger partial charge in [0.1, 0.15) is 0 Å². The summed E-state index contributed by atoms with van der Waals surface area (Å²) in [5.41, 5.74) is 0.767. The van der Waals surface area contributed by atoms with Gasteiger partial charge in [0, 0.05) is 11.5 Å². The second-order valence-corrected chi connectivity index (χ2v) is 6.59. The van der Waals surface area contributed by atoms with Crippen molar-refractivity contribution in [3.63, 3.8) is 0 Å². The van der Waals surface area contributed by atoms with E-state index in [1.165, 1.54) is 19.3 Å². The topological polar surface area (TPSA) is 73.7 Å². The smallest absolute Gasteiger partial charge is 0.216 e. The van der Waals surface area contributed by atoms with Gasteiger partial charge in [-0.1, -0.05) is 19.3 Å². The molecule has 0 unspecified atom stereocenters. The van der Waals surface area contributed by atoms with Crippen molar-refractivity contribution in [2.75, 3.05) is 21.3 Å². The molecule has 1 heterocycles. The molecule has 8 heteroatoms. The van der Waals surface area contributed by atoms with Gasteiger partial charge < -0.3 is 14.2 Å². The van der Waals surface area contributed by atoms with E-state index in [-0.39, 0.29) is 0 Å². The zero-order valence-corrected chi connectivity index (χ0v) is 16.1. The maximum atomic E-state index is 5.50. The summed E-state index contributed by atoms with van der Waals surface area (Å²) >= 11 is 5.36.